The summed E-state index contributed by atoms with van der Waals surface area (Å²) in [6, 6.07) is 18.3. The van der Waals surface area contributed by atoms with E-state index in [0.29, 0.717) is 11.3 Å². The van der Waals surface area contributed by atoms with Crippen LogP contribution in [0.25, 0.3) is 0 Å². The van der Waals surface area contributed by atoms with Crippen molar-refractivity contribution in [1.82, 2.24) is 0 Å². The van der Waals surface area contributed by atoms with Gasteiger partial charge in [0.25, 0.3) is 5.91 Å². The van der Waals surface area contributed by atoms with Gasteiger partial charge in [0.2, 0.25) is 0 Å². The maximum atomic E-state index is 12.5. The van der Waals surface area contributed by atoms with Crippen molar-refractivity contribution >= 4 is 34.7 Å². The van der Waals surface area contributed by atoms with Crippen molar-refractivity contribution in [1.29, 1.82) is 0 Å². The Morgan fingerprint density at radius 1 is 1.04 bits per heavy atom. The zero-order chi connectivity index (χ0) is 16.1. The Morgan fingerprint density at radius 2 is 1.83 bits per heavy atom. The zero-order valence-electron chi connectivity index (χ0n) is 12.2. The van der Waals surface area contributed by atoms with Gasteiger partial charge >= 0.3 is 0 Å². The molecule has 0 aliphatic rings. The quantitative estimate of drug-likeness (QED) is 0.507. The van der Waals surface area contributed by atoms with Crippen LogP contribution in [-0.2, 0) is 5.75 Å². The molecule has 3 aromatic rings. The molecule has 2 aromatic carbocycles. The predicted octanol–water partition coefficient (Wildman–Crippen LogP) is 5.00. The van der Waals surface area contributed by atoms with Crippen LogP contribution in [0.5, 0.6) is 5.75 Å². The maximum Gasteiger partial charge on any atom is 0.256 e. The summed E-state index contributed by atoms with van der Waals surface area (Å²) in [5.41, 5.74) is 1.02. The van der Waals surface area contributed by atoms with Gasteiger partial charge in [-0.25, -0.2) is 0 Å². The number of phenolic OH excluding ortho intramolecular Hbond substituents is 1. The lowest BCUT2D eigenvalue weighted by Crippen LogP contribution is -2.13. The van der Waals surface area contributed by atoms with Crippen molar-refractivity contribution in [3.63, 3.8) is 0 Å². The molecule has 0 unspecified atom stereocenters. The van der Waals surface area contributed by atoms with Gasteiger partial charge in [0.1, 0.15) is 5.75 Å². The number of anilines is 1. The first-order chi connectivity index (χ1) is 11.2. The Kier molecular flexibility index (Phi) is 5.00. The number of thiophene rings is 1. The van der Waals surface area contributed by atoms with Gasteiger partial charge in [-0.05, 0) is 35.7 Å². The fraction of sp³-hybridized carbons (Fsp3) is 0.0556. The molecule has 2 N–H and O–H groups in total. The number of carbonyl (C=O) groups is 1. The summed E-state index contributed by atoms with van der Waals surface area (Å²) in [6.45, 7) is 0. The van der Waals surface area contributed by atoms with Crippen LogP contribution < -0.4 is 5.32 Å². The van der Waals surface area contributed by atoms with Gasteiger partial charge in [-0.2, -0.15) is 0 Å². The molecule has 0 bridgehead atoms. The fourth-order valence-corrected chi connectivity index (χ4v) is 3.92. The number of benzene rings is 2. The molecule has 0 saturated heterocycles. The second kappa shape index (κ2) is 7.35. The van der Waals surface area contributed by atoms with E-state index >= 15 is 0 Å². The summed E-state index contributed by atoms with van der Waals surface area (Å²) in [5, 5.41) is 14.6. The molecule has 0 aliphatic heterocycles. The number of para-hydroxylation sites is 2. The fourth-order valence-electron chi connectivity index (χ4n) is 2.09. The highest BCUT2D eigenvalue weighted by Crippen LogP contribution is 2.29. The summed E-state index contributed by atoms with van der Waals surface area (Å²) in [5.74, 6) is 0.670. The minimum absolute atomic E-state index is 0.0598. The first kappa shape index (κ1) is 15.6. The monoisotopic (exact) mass is 341 g/mol. The van der Waals surface area contributed by atoms with Crippen LogP contribution in [0.3, 0.4) is 0 Å². The van der Waals surface area contributed by atoms with Crippen LogP contribution in [0.2, 0.25) is 0 Å². The number of amides is 1. The Labute approximate surface area is 143 Å². The molecule has 0 radical (unpaired) electrons. The van der Waals surface area contributed by atoms with Crippen molar-refractivity contribution in [3.8, 4) is 5.75 Å². The highest BCUT2D eigenvalue weighted by molar-refractivity contribution is 7.98. The summed E-state index contributed by atoms with van der Waals surface area (Å²) >= 11 is 3.34. The van der Waals surface area contributed by atoms with E-state index in [9.17, 15) is 9.90 Å². The van der Waals surface area contributed by atoms with Gasteiger partial charge < -0.3 is 10.4 Å². The van der Waals surface area contributed by atoms with E-state index in [1.807, 2.05) is 29.6 Å². The third-order valence-corrected chi connectivity index (χ3v) is 5.42. The Morgan fingerprint density at radius 3 is 2.61 bits per heavy atom. The van der Waals surface area contributed by atoms with Gasteiger partial charge in [0.05, 0.1) is 11.3 Å². The van der Waals surface area contributed by atoms with Crippen LogP contribution in [0.1, 0.15) is 15.2 Å². The number of thioether (sulfide) groups is 1. The van der Waals surface area contributed by atoms with Gasteiger partial charge in [0.15, 0.2) is 0 Å². The molecule has 0 atom stereocenters. The first-order valence-corrected chi connectivity index (χ1v) is 8.94. The molecule has 3 nitrogen and oxygen atoms in total. The summed E-state index contributed by atoms with van der Waals surface area (Å²) < 4.78 is 0. The molecule has 23 heavy (non-hydrogen) atoms. The molecule has 3 rings (SSSR count). The van der Waals surface area contributed by atoms with Crippen molar-refractivity contribution in [3.05, 3.63) is 76.5 Å². The molecule has 0 spiro atoms. The normalized spacial score (nSPS) is 10.4. The van der Waals surface area contributed by atoms with E-state index in [1.54, 1.807) is 53.4 Å². The molecule has 1 heterocycles. The highest BCUT2D eigenvalue weighted by atomic mass is 32.2. The van der Waals surface area contributed by atoms with E-state index < -0.39 is 0 Å². The highest BCUT2D eigenvalue weighted by Gasteiger charge is 2.13. The van der Waals surface area contributed by atoms with E-state index in [1.165, 1.54) is 4.88 Å². The molecule has 0 fully saturated rings. The molecule has 116 valence electrons. The lowest BCUT2D eigenvalue weighted by atomic mass is 10.2. The van der Waals surface area contributed by atoms with Gasteiger partial charge in [-0.3, -0.25) is 4.79 Å². The summed E-state index contributed by atoms with van der Waals surface area (Å²) in [4.78, 5) is 14.7. The van der Waals surface area contributed by atoms with Crippen LogP contribution in [0, 0.1) is 0 Å². The standard InChI is InChI=1S/C18H15NO2S2/c20-16-9-3-2-8-15(16)19-18(21)14-7-1-4-10-17(14)23-12-13-6-5-11-22-13/h1-11,20H,12H2,(H,19,21). The van der Waals surface area contributed by atoms with Gasteiger partial charge in [0, 0.05) is 15.5 Å². The molecule has 1 aromatic heterocycles. The SMILES string of the molecule is O=C(Nc1ccccc1O)c1ccccc1SCc1cccs1. The molecular formula is C18H15NO2S2. The molecule has 0 aliphatic carbocycles. The maximum absolute atomic E-state index is 12.5. The Balaban J connectivity index is 1.76. The summed E-state index contributed by atoms with van der Waals surface area (Å²) in [6.07, 6.45) is 0. The second-order valence-corrected chi connectivity index (χ2v) is 6.88. The number of rotatable bonds is 5. The molecule has 1 amide bonds. The average Bonchev–Trinajstić information content (AvgIpc) is 3.09. The largest absolute Gasteiger partial charge is 0.506 e. The van der Waals surface area contributed by atoms with Crippen molar-refractivity contribution < 1.29 is 9.90 Å². The van der Waals surface area contributed by atoms with Crippen LogP contribution in [-0.4, -0.2) is 11.0 Å². The smallest absolute Gasteiger partial charge is 0.256 e. The minimum atomic E-state index is -0.222. The third kappa shape index (κ3) is 3.94. The number of hydrogen-bond donors (Lipinski definition) is 2. The third-order valence-electron chi connectivity index (χ3n) is 3.23. The van der Waals surface area contributed by atoms with Crippen LogP contribution >= 0.6 is 23.1 Å². The Bertz CT molecular complexity index is 800. The molecule has 5 heteroatoms. The first-order valence-electron chi connectivity index (χ1n) is 7.07. The van der Waals surface area contributed by atoms with Gasteiger partial charge in [-0.1, -0.05) is 30.3 Å². The minimum Gasteiger partial charge on any atom is -0.506 e. The number of nitrogens with one attached hydrogen (secondary N) is 1. The van der Waals surface area contributed by atoms with Crippen molar-refractivity contribution in [2.45, 2.75) is 10.6 Å². The van der Waals surface area contributed by atoms with Gasteiger partial charge in [-0.15, -0.1) is 23.1 Å². The Hall–Kier alpha value is -2.24. The van der Waals surface area contributed by atoms with E-state index in [2.05, 4.69) is 11.4 Å². The average molecular weight is 341 g/mol. The molecule has 0 saturated carbocycles. The van der Waals surface area contributed by atoms with Crippen molar-refractivity contribution in [2.75, 3.05) is 5.32 Å². The summed E-state index contributed by atoms with van der Waals surface area (Å²) in [7, 11) is 0. The lowest BCUT2D eigenvalue weighted by molar-refractivity contribution is 0.102. The number of hydrogen-bond acceptors (Lipinski definition) is 4. The topological polar surface area (TPSA) is 49.3 Å². The van der Waals surface area contributed by atoms with E-state index in [4.69, 9.17) is 0 Å². The number of carbonyl (C=O) groups excluding carboxylic acids is 1. The second-order valence-electron chi connectivity index (χ2n) is 4.84. The molecular weight excluding hydrogens is 326 g/mol. The van der Waals surface area contributed by atoms with E-state index in [0.717, 1.165) is 10.6 Å². The van der Waals surface area contributed by atoms with Crippen LogP contribution in [0.15, 0.2) is 70.9 Å². The van der Waals surface area contributed by atoms with Crippen molar-refractivity contribution in [2.24, 2.45) is 0 Å². The lowest BCUT2D eigenvalue weighted by Gasteiger charge is -2.10. The number of phenols is 1. The van der Waals surface area contributed by atoms with Crippen LogP contribution in [0.4, 0.5) is 5.69 Å². The number of aromatic hydroxyl groups is 1. The zero-order valence-corrected chi connectivity index (χ0v) is 13.9. The predicted molar refractivity (Wildman–Crippen MR) is 96.4 cm³/mol. The van der Waals surface area contributed by atoms with E-state index in [-0.39, 0.29) is 11.7 Å².